The maximum absolute atomic E-state index is 12.6. The molecule has 0 unspecified atom stereocenters. The van der Waals surface area contributed by atoms with E-state index in [0.717, 1.165) is 34.3 Å². The van der Waals surface area contributed by atoms with Gasteiger partial charge in [0.05, 0.1) is 6.26 Å². The SMILES string of the molecule is Cc1occc1CN(C)C(=O)c1cc(Br)cn1C1CC1. The minimum absolute atomic E-state index is 0.0446. The predicted molar refractivity (Wildman–Crippen MR) is 79.6 cm³/mol. The fourth-order valence-electron chi connectivity index (χ4n) is 2.37. The third-order valence-corrected chi connectivity index (χ3v) is 4.13. The molecule has 0 bridgehead atoms. The van der Waals surface area contributed by atoms with Gasteiger partial charge in [0, 0.05) is 35.9 Å². The summed E-state index contributed by atoms with van der Waals surface area (Å²) in [4.78, 5) is 14.3. The molecule has 2 aromatic heterocycles. The van der Waals surface area contributed by atoms with Crippen LogP contribution < -0.4 is 0 Å². The van der Waals surface area contributed by atoms with E-state index in [4.69, 9.17) is 4.42 Å². The van der Waals surface area contributed by atoms with Gasteiger partial charge in [-0.15, -0.1) is 0 Å². The molecule has 0 spiro atoms. The third-order valence-electron chi connectivity index (χ3n) is 3.70. The molecule has 1 aliphatic rings. The summed E-state index contributed by atoms with van der Waals surface area (Å²) in [6.07, 6.45) is 5.98. The molecule has 1 fully saturated rings. The molecular formula is C15H17BrN2O2. The molecule has 0 saturated heterocycles. The number of halogens is 1. The first-order valence-corrected chi connectivity index (χ1v) is 7.51. The van der Waals surface area contributed by atoms with Crippen LogP contribution >= 0.6 is 15.9 Å². The van der Waals surface area contributed by atoms with E-state index >= 15 is 0 Å². The van der Waals surface area contributed by atoms with Gasteiger partial charge in [0.1, 0.15) is 11.5 Å². The van der Waals surface area contributed by atoms with Gasteiger partial charge in [-0.25, -0.2) is 0 Å². The molecule has 1 saturated carbocycles. The van der Waals surface area contributed by atoms with E-state index in [0.29, 0.717) is 12.6 Å². The standard InChI is InChI=1S/C15H17BrN2O2/c1-10-11(5-6-20-10)8-17(2)15(19)14-7-12(16)9-18(14)13-3-4-13/h5-7,9,13H,3-4,8H2,1-2H3. The topological polar surface area (TPSA) is 38.4 Å². The first-order valence-electron chi connectivity index (χ1n) is 6.72. The Morgan fingerprint density at radius 3 is 2.90 bits per heavy atom. The van der Waals surface area contributed by atoms with Crippen molar-refractivity contribution in [2.24, 2.45) is 0 Å². The Balaban J connectivity index is 1.80. The van der Waals surface area contributed by atoms with Gasteiger partial charge in [-0.05, 0) is 47.8 Å². The van der Waals surface area contributed by atoms with Crippen molar-refractivity contribution in [1.29, 1.82) is 0 Å². The zero-order chi connectivity index (χ0) is 14.3. The molecule has 5 heteroatoms. The van der Waals surface area contributed by atoms with Gasteiger partial charge in [-0.3, -0.25) is 4.79 Å². The highest BCUT2D eigenvalue weighted by molar-refractivity contribution is 9.10. The van der Waals surface area contributed by atoms with E-state index in [-0.39, 0.29) is 5.91 Å². The lowest BCUT2D eigenvalue weighted by Gasteiger charge is -2.18. The maximum Gasteiger partial charge on any atom is 0.270 e. The number of amides is 1. The van der Waals surface area contributed by atoms with E-state index in [1.54, 1.807) is 11.2 Å². The molecule has 0 atom stereocenters. The van der Waals surface area contributed by atoms with E-state index in [1.165, 1.54) is 0 Å². The van der Waals surface area contributed by atoms with E-state index in [1.807, 2.05) is 32.3 Å². The van der Waals surface area contributed by atoms with Crippen LogP contribution in [0.5, 0.6) is 0 Å². The molecule has 0 aliphatic heterocycles. The number of nitrogens with zero attached hydrogens (tertiary/aromatic N) is 2. The number of hydrogen-bond acceptors (Lipinski definition) is 2. The van der Waals surface area contributed by atoms with Crippen LogP contribution in [0.15, 0.2) is 33.5 Å². The zero-order valence-corrected chi connectivity index (χ0v) is 13.2. The summed E-state index contributed by atoms with van der Waals surface area (Å²) in [5.41, 5.74) is 1.80. The number of furan rings is 1. The second kappa shape index (κ2) is 5.13. The molecule has 3 rings (SSSR count). The highest BCUT2D eigenvalue weighted by Crippen LogP contribution is 2.37. The predicted octanol–water partition coefficient (Wildman–Crippen LogP) is 3.76. The van der Waals surface area contributed by atoms with Crippen molar-refractivity contribution in [3.05, 3.63) is 46.1 Å². The van der Waals surface area contributed by atoms with Crippen molar-refractivity contribution < 1.29 is 9.21 Å². The van der Waals surface area contributed by atoms with Gasteiger partial charge in [0.15, 0.2) is 0 Å². The summed E-state index contributed by atoms with van der Waals surface area (Å²) in [7, 11) is 1.83. The van der Waals surface area contributed by atoms with Crippen molar-refractivity contribution in [1.82, 2.24) is 9.47 Å². The van der Waals surface area contributed by atoms with Gasteiger partial charge in [-0.2, -0.15) is 0 Å². The number of carbonyl (C=O) groups is 1. The minimum atomic E-state index is 0.0446. The summed E-state index contributed by atoms with van der Waals surface area (Å²) in [5.74, 6) is 0.909. The number of aryl methyl sites for hydroxylation is 1. The van der Waals surface area contributed by atoms with Crippen LogP contribution in [0.1, 0.15) is 40.7 Å². The van der Waals surface area contributed by atoms with Gasteiger partial charge in [0.25, 0.3) is 5.91 Å². The molecule has 2 aromatic rings. The second-order valence-corrected chi connectivity index (χ2v) is 6.26. The second-order valence-electron chi connectivity index (χ2n) is 5.35. The first kappa shape index (κ1) is 13.5. The molecule has 106 valence electrons. The van der Waals surface area contributed by atoms with Crippen molar-refractivity contribution >= 4 is 21.8 Å². The fraction of sp³-hybridized carbons (Fsp3) is 0.400. The molecule has 1 amide bonds. The highest BCUT2D eigenvalue weighted by Gasteiger charge is 2.28. The van der Waals surface area contributed by atoms with Crippen LogP contribution in [0.3, 0.4) is 0 Å². The zero-order valence-electron chi connectivity index (χ0n) is 11.6. The molecule has 20 heavy (non-hydrogen) atoms. The lowest BCUT2D eigenvalue weighted by Crippen LogP contribution is -2.28. The molecule has 0 N–H and O–H groups in total. The Morgan fingerprint density at radius 1 is 1.55 bits per heavy atom. The maximum atomic E-state index is 12.6. The molecule has 4 nitrogen and oxygen atoms in total. The van der Waals surface area contributed by atoms with Crippen LogP contribution in [-0.4, -0.2) is 22.4 Å². The van der Waals surface area contributed by atoms with E-state index < -0.39 is 0 Å². The normalized spacial score (nSPS) is 14.6. The van der Waals surface area contributed by atoms with Crippen molar-refractivity contribution in [2.75, 3.05) is 7.05 Å². The Morgan fingerprint density at radius 2 is 2.30 bits per heavy atom. The van der Waals surface area contributed by atoms with Gasteiger partial charge < -0.3 is 13.9 Å². The highest BCUT2D eigenvalue weighted by atomic mass is 79.9. The quantitative estimate of drug-likeness (QED) is 0.852. The molecule has 0 aromatic carbocycles. The number of carbonyl (C=O) groups excluding carboxylic acids is 1. The van der Waals surface area contributed by atoms with Crippen molar-refractivity contribution in [3.8, 4) is 0 Å². The lowest BCUT2D eigenvalue weighted by molar-refractivity contribution is 0.0773. The largest absolute Gasteiger partial charge is 0.469 e. The van der Waals surface area contributed by atoms with E-state index in [9.17, 15) is 4.79 Å². The Hall–Kier alpha value is -1.49. The molecule has 0 radical (unpaired) electrons. The number of aromatic nitrogens is 1. The monoisotopic (exact) mass is 336 g/mol. The van der Waals surface area contributed by atoms with Crippen LogP contribution in [0, 0.1) is 6.92 Å². The van der Waals surface area contributed by atoms with Crippen LogP contribution in [0.4, 0.5) is 0 Å². The average Bonchev–Trinajstić information content (AvgIpc) is 3.08. The summed E-state index contributed by atoms with van der Waals surface area (Å²) in [6.45, 7) is 2.48. The van der Waals surface area contributed by atoms with Crippen molar-refractivity contribution in [3.63, 3.8) is 0 Å². The average molecular weight is 337 g/mol. The van der Waals surface area contributed by atoms with Crippen LogP contribution in [0.2, 0.25) is 0 Å². The summed E-state index contributed by atoms with van der Waals surface area (Å²) in [6, 6.07) is 4.30. The minimum Gasteiger partial charge on any atom is -0.469 e. The molecular weight excluding hydrogens is 320 g/mol. The molecule has 1 aliphatic carbocycles. The van der Waals surface area contributed by atoms with Crippen LogP contribution in [-0.2, 0) is 6.54 Å². The van der Waals surface area contributed by atoms with Gasteiger partial charge in [-0.1, -0.05) is 0 Å². The summed E-state index contributed by atoms with van der Waals surface area (Å²) < 4.78 is 8.32. The molecule has 2 heterocycles. The number of hydrogen-bond donors (Lipinski definition) is 0. The number of rotatable bonds is 4. The van der Waals surface area contributed by atoms with Crippen molar-refractivity contribution in [2.45, 2.75) is 32.4 Å². The lowest BCUT2D eigenvalue weighted by atomic mass is 10.2. The Bertz CT molecular complexity index is 640. The Labute approximate surface area is 126 Å². The summed E-state index contributed by atoms with van der Waals surface area (Å²) >= 11 is 3.46. The van der Waals surface area contributed by atoms with Gasteiger partial charge in [0.2, 0.25) is 0 Å². The third kappa shape index (κ3) is 2.54. The van der Waals surface area contributed by atoms with E-state index in [2.05, 4.69) is 20.5 Å². The summed E-state index contributed by atoms with van der Waals surface area (Å²) in [5, 5.41) is 0. The van der Waals surface area contributed by atoms with Gasteiger partial charge >= 0.3 is 0 Å². The Kier molecular flexibility index (Phi) is 3.46. The smallest absolute Gasteiger partial charge is 0.270 e. The van der Waals surface area contributed by atoms with Crippen LogP contribution in [0.25, 0.3) is 0 Å². The first-order chi connectivity index (χ1) is 9.56. The fourth-order valence-corrected chi connectivity index (χ4v) is 2.81.